The second-order valence-corrected chi connectivity index (χ2v) is 3.51. The molecule has 0 atom stereocenters. The first-order valence-corrected chi connectivity index (χ1v) is 5.13. The van der Waals surface area contributed by atoms with Crippen molar-refractivity contribution < 1.29 is 19.1 Å². The Balaban J connectivity index is 2.27. The lowest BCUT2D eigenvalue weighted by Gasteiger charge is -1.99. The first-order valence-electron chi connectivity index (χ1n) is 5.13. The van der Waals surface area contributed by atoms with E-state index in [1.165, 1.54) is 7.11 Å². The van der Waals surface area contributed by atoms with E-state index in [4.69, 9.17) is 9.52 Å². The van der Waals surface area contributed by atoms with Crippen molar-refractivity contribution in [2.45, 2.75) is 6.61 Å². The summed E-state index contributed by atoms with van der Waals surface area (Å²) in [6, 6.07) is 10.5. The second kappa shape index (κ2) is 4.84. The van der Waals surface area contributed by atoms with Crippen LogP contribution in [0.15, 0.2) is 40.8 Å². The molecule has 0 saturated carbocycles. The largest absolute Gasteiger partial charge is 0.463 e. The van der Waals surface area contributed by atoms with Gasteiger partial charge in [-0.15, -0.1) is 0 Å². The van der Waals surface area contributed by atoms with Gasteiger partial charge in [0.25, 0.3) is 0 Å². The van der Waals surface area contributed by atoms with Gasteiger partial charge in [0.1, 0.15) is 5.76 Å². The van der Waals surface area contributed by atoms with Crippen LogP contribution >= 0.6 is 0 Å². The number of benzene rings is 1. The van der Waals surface area contributed by atoms with Gasteiger partial charge in [-0.3, -0.25) is 0 Å². The topological polar surface area (TPSA) is 59.7 Å². The third-order valence-electron chi connectivity index (χ3n) is 2.41. The summed E-state index contributed by atoms with van der Waals surface area (Å²) in [4.78, 5) is 11.2. The predicted octanol–water partition coefficient (Wildman–Crippen LogP) is 2.23. The molecule has 4 heteroatoms. The zero-order valence-electron chi connectivity index (χ0n) is 9.34. The second-order valence-electron chi connectivity index (χ2n) is 3.51. The zero-order valence-corrected chi connectivity index (χ0v) is 9.34. The van der Waals surface area contributed by atoms with Crippen LogP contribution in [-0.4, -0.2) is 18.2 Å². The van der Waals surface area contributed by atoms with Crippen LogP contribution in [-0.2, 0) is 11.3 Å². The monoisotopic (exact) mass is 232 g/mol. The van der Waals surface area contributed by atoms with Crippen LogP contribution in [0.2, 0.25) is 0 Å². The van der Waals surface area contributed by atoms with Gasteiger partial charge in [0.05, 0.1) is 13.7 Å². The molecule has 2 rings (SSSR count). The number of carbonyl (C=O) groups is 1. The molecule has 0 amide bonds. The minimum Gasteiger partial charge on any atom is -0.463 e. The van der Waals surface area contributed by atoms with Gasteiger partial charge in [0.2, 0.25) is 5.76 Å². The Bertz CT molecular complexity index is 510. The van der Waals surface area contributed by atoms with E-state index in [0.717, 1.165) is 11.1 Å². The summed E-state index contributed by atoms with van der Waals surface area (Å²) in [6.45, 7) is 0.00580. The van der Waals surface area contributed by atoms with Crippen LogP contribution in [0, 0.1) is 0 Å². The number of rotatable bonds is 3. The maximum absolute atomic E-state index is 11.2. The maximum atomic E-state index is 11.2. The number of hydrogen-bond donors (Lipinski definition) is 1. The van der Waals surface area contributed by atoms with Crippen LogP contribution in [0.5, 0.6) is 0 Å². The van der Waals surface area contributed by atoms with Gasteiger partial charge in [0, 0.05) is 5.56 Å². The van der Waals surface area contributed by atoms with E-state index in [2.05, 4.69) is 4.74 Å². The van der Waals surface area contributed by atoms with Gasteiger partial charge in [-0.05, 0) is 17.7 Å². The highest BCUT2D eigenvalue weighted by molar-refractivity contribution is 5.87. The first-order chi connectivity index (χ1) is 8.24. The lowest BCUT2D eigenvalue weighted by atomic mass is 10.1. The van der Waals surface area contributed by atoms with Crippen molar-refractivity contribution in [2.24, 2.45) is 0 Å². The van der Waals surface area contributed by atoms with Crippen molar-refractivity contribution in [1.29, 1.82) is 0 Å². The molecule has 0 bridgehead atoms. The molecule has 1 N–H and O–H groups in total. The molecular formula is C13H12O4. The quantitative estimate of drug-likeness (QED) is 0.824. The minimum absolute atomic E-state index is 0.00580. The van der Waals surface area contributed by atoms with E-state index >= 15 is 0 Å². The number of furan rings is 1. The van der Waals surface area contributed by atoms with Crippen LogP contribution in [0.3, 0.4) is 0 Å². The molecule has 0 radical (unpaired) electrons. The number of carbonyl (C=O) groups excluding carboxylic acids is 1. The summed E-state index contributed by atoms with van der Waals surface area (Å²) in [5.41, 5.74) is 1.67. The smallest absolute Gasteiger partial charge is 0.373 e. The molecule has 0 aliphatic heterocycles. The van der Waals surface area contributed by atoms with E-state index in [1.54, 1.807) is 24.3 Å². The molecular weight excluding hydrogens is 220 g/mol. The molecule has 17 heavy (non-hydrogen) atoms. The van der Waals surface area contributed by atoms with E-state index in [-0.39, 0.29) is 12.4 Å². The molecule has 1 aromatic carbocycles. The van der Waals surface area contributed by atoms with E-state index in [1.807, 2.05) is 12.1 Å². The van der Waals surface area contributed by atoms with Crippen molar-refractivity contribution >= 4 is 5.97 Å². The Morgan fingerprint density at radius 3 is 2.53 bits per heavy atom. The summed E-state index contributed by atoms with van der Waals surface area (Å²) < 4.78 is 9.92. The molecule has 0 aliphatic carbocycles. The highest BCUT2D eigenvalue weighted by Gasteiger charge is 2.11. The van der Waals surface area contributed by atoms with E-state index in [9.17, 15) is 4.79 Å². The lowest BCUT2D eigenvalue weighted by Crippen LogP contribution is -1.98. The lowest BCUT2D eigenvalue weighted by molar-refractivity contribution is 0.0566. The van der Waals surface area contributed by atoms with Crippen molar-refractivity contribution in [3.05, 3.63) is 47.7 Å². The third-order valence-corrected chi connectivity index (χ3v) is 2.41. The van der Waals surface area contributed by atoms with Gasteiger partial charge in [-0.25, -0.2) is 4.79 Å². The molecule has 88 valence electrons. The Hall–Kier alpha value is -2.07. The number of aliphatic hydroxyl groups is 1. The summed E-state index contributed by atoms with van der Waals surface area (Å²) in [7, 11) is 1.31. The predicted molar refractivity (Wildman–Crippen MR) is 61.4 cm³/mol. The van der Waals surface area contributed by atoms with Gasteiger partial charge in [-0.1, -0.05) is 24.3 Å². The molecule has 0 spiro atoms. The van der Waals surface area contributed by atoms with Crippen LogP contribution in [0.25, 0.3) is 11.3 Å². The van der Waals surface area contributed by atoms with Crippen LogP contribution in [0.4, 0.5) is 0 Å². The average Bonchev–Trinajstić information content (AvgIpc) is 2.87. The Labute approximate surface area is 98.4 Å². The molecule has 2 aromatic rings. The van der Waals surface area contributed by atoms with Gasteiger partial charge >= 0.3 is 5.97 Å². The molecule has 1 aromatic heterocycles. The standard InChI is InChI=1S/C13H12O4/c1-16-13(15)12-7-6-11(17-12)10-4-2-9(8-14)3-5-10/h2-7,14H,8H2,1H3. The average molecular weight is 232 g/mol. The fourth-order valence-corrected chi connectivity index (χ4v) is 1.48. The van der Waals surface area contributed by atoms with Crippen molar-refractivity contribution in [1.82, 2.24) is 0 Å². The number of esters is 1. The van der Waals surface area contributed by atoms with Crippen molar-refractivity contribution in [2.75, 3.05) is 7.11 Å². The van der Waals surface area contributed by atoms with Gasteiger partial charge in [0.15, 0.2) is 0 Å². The Morgan fingerprint density at radius 1 is 1.24 bits per heavy atom. The number of aliphatic hydroxyl groups excluding tert-OH is 1. The van der Waals surface area contributed by atoms with E-state index in [0.29, 0.717) is 5.76 Å². The van der Waals surface area contributed by atoms with Gasteiger partial charge in [-0.2, -0.15) is 0 Å². The molecule has 4 nitrogen and oxygen atoms in total. The maximum Gasteiger partial charge on any atom is 0.373 e. The zero-order chi connectivity index (χ0) is 12.3. The molecule has 0 fully saturated rings. The normalized spacial score (nSPS) is 10.2. The minimum atomic E-state index is -0.497. The summed E-state index contributed by atoms with van der Waals surface area (Å²) >= 11 is 0. The highest BCUT2D eigenvalue weighted by atomic mass is 16.5. The van der Waals surface area contributed by atoms with Crippen molar-refractivity contribution in [3.8, 4) is 11.3 Å². The summed E-state index contributed by atoms with van der Waals surface area (Å²) in [6.07, 6.45) is 0. The van der Waals surface area contributed by atoms with Crippen molar-refractivity contribution in [3.63, 3.8) is 0 Å². The third kappa shape index (κ3) is 2.37. The Kier molecular flexibility index (Phi) is 3.25. The molecule has 0 unspecified atom stereocenters. The highest BCUT2D eigenvalue weighted by Crippen LogP contribution is 2.22. The molecule has 0 saturated heterocycles. The first kappa shape index (κ1) is 11.4. The number of methoxy groups -OCH3 is 1. The Morgan fingerprint density at radius 2 is 1.94 bits per heavy atom. The molecule has 1 heterocycles. The summed E-state index contributed by atoms with van der Waals surface area (Å²) in [5, 5.41) is 8.92. The fraction of sp³-hybridized carbons (Fsp3) is 0.154. The van der Waals surface area contributed by atoms with Gasteiger partial charge < -0.3 is 14.3 Å². The summed E-state index contributed by atoms with van der Waals surface area (Å²) in [5.74, 6) is 0.270. The SMILES string of the molecule is COC(=O)c1ccc(-c2ccc(CO)cc2)o1. The van der Waals surface area contributed by atoms with Crippen LogP contribution < -0.4 is 0 Å². The molecule has 0 aliphatic rings. The number of ether oxygens (including phenoxy) is 1. The van der Waals surface area contributed by atoms with Crippen LogP contribution in [0.1, 0.15) is 16.1 Å². The van der Waals surface area contributed by atoms with E-state index < -0.39 is 5.97 Å². The fourth-order valence-electron chi connectivity index (χ4n) is 1.48. The number of hydrogen-bond acceptors (Lipinski definition) is 4.